The molecule has 0 aromatic heterocycles. The van der Waals surface area contributed by atoms with E-state index in [1.165, 1.54) is 12.0 Å². The lowest BCUT2D eigenvalue weighted by molar-refractivity contribution is -0.114. The number of anilines is 1. The summed E-state index contributed by atoms with van der Waals surface area (Å²) in [5.41, 5.74) is 1.77. The maximum Gasteiger partial charge on any atom is 0.324 e. The maximum absolute atomic E-state index is 12.6. The number of fused-ring (bicyclic) bond motifs is 1. The first kappa shape index (κ1) is 19.2. The lowest BCUT2D eigenvalue weighted by atomic mass is 10.0. The molecule has 0 radical (unpaired) electrons. The molecule has 8 nitrogen and oxygen atoms in total. The molecule has 0 unspecified atom stereocenters. The van der Waals surface area contributed by atoms with Gasteiger partial charge >= 0.3 is 6.03 Å². The summed E-state index contributed by atoms with van der Waals surface area (Å²) in [6.07, 6.45) is 1.92. The highest BCUT2D eigenvalue weighted by atomic mass is 32.2. The number of benzene rings is 1. The Bertz CT molecular complexity index is 937. The lowest BCUT2D eigenvalue weighted by Crippen LogP contribution is -2.45. The quantitative estimate of drug-likeness (QED) is 0.824. The molecule has 1 aromatic carbocycles. The smallest absolute Gasteiger partial charge is 0.324 e. The standard InChI is InChI=1S/C18H23N3O5S/c1-11(2)5-6-21-10-12-7-13(16-9-17(22)19-27(16,24)25)15(26-4)8-14(12)20(3)18(21)23/h7-9,11H,5-6,10H2,1-4H3,(H,19,22). The van der Waals surface area contributed by atoms with Gasteiger partial charge in [0.25, 0.3) is 15.9 Å². The van der Waals surface area contributed by atoms with Gasteiger partial charge in [-0.25, -0.2) is 17.9 Å². The number of urea groups is 1. The van der Waals surface area contributed by atoms with Crippen LogP contribution in [-0.2, 0) is 21.4 Å². The van der Waals surface area contributed by atoms with Gasteiger partial charge in [0.05, 0.1) is 12.8 Å². The summed E-state index contributed by atoms with van der Waals surface area (Å²) in [6.45, 7) is 5.17. The zero-order chi connectivity index (χ0) is 19.9. The third-order valence-electron chi connectivity index (χ3n) is 4.71. The minimum atomic E-state index is -3.92. The van der Waals surface area contributed by atoms with Crippen molar-refractivity contribution in [2.45, 2.75) is 26.8 Å². The van der Waals surface area contributed by atoms with Crippen LogP contribution in [-0.4, -0.2) is 46.0 Å². The molecule has 0 bridgehead atoms. The van der Waals surface area contributed by atoms with Gasteiger partial charge in [0, 0.05) is 37.8 Å². The van der Waals surface area contributed by atoms with E-state index in [0.717, 1.165) is 18.1 Å². The Kier molecular flexibility index (Phi) is 4.90. The van der Waals surface area contributed by atoms with Crippen LogP contribution < -0.4 is 14.4 Å². The fraction of sp³-hybridized carbons (Fsp3) is 0.444. The van der Waals surface area contributed by atoms with Crippen molar-refractivity contribution in [1.82, 2.24) is 9.62 Å². The second kappa shape index (κ2) is 6.88. The molecule has 27 heavy (non-hydrogen) atoms. The van der Waals surface area contributed by atoms with Gasteiger partial charge in [0.2, 0.25) is 0 Å². The van der Waals surface area contributed by atoms with Crippen LogP contribution in [0.5, 0.6) is 5.75 Å². The number of hydrogen-bond donors (Lipinski definition) is 1. The normalized spacial score (nSPS) is 18.5. The van der Waals surface area contributed by atoms with Crippen molar-refractivity contribution in [2.75, 3.05) is 25.6 Å². The number of ether oxygens (including phenoxy) is 1. The van der Waals surface area contributed by atoms with Crippen LogP contribution in [0.3, 0.4) is 0 Å². The van der Waals surface area contributed by atoms with Crippen molar-refractivity contribution >= 4 is 32.6 Å². The average Bonchev–Trinajstić information content (AvgIpc) is 2.87. The molecule has 3 rings (SSSR count). The number of nitrogens with zero attached hydrogens (tertiary/aromatic N) is 2. The van der Waals surface area contributed by atoms with E-state index in [-0.39, 0.29) is 16.7 Å². The predicted octanol–water partition coefficient (Wildman–Crippen LogP) is 1.91. The van der Waals surface area contributed by atoms with Crippen LogP contribution in [0.4, 0.5) is 10.5 Å². The van der Waals surface area contributed by atoms with E-state index < -0.39 is 15.9 Å². The van der Waals surface area contributed by atoms with Crippen LogP contribution in [0.25, 0.3) is 4.91 Å². The molecule has 0 saturated heterocycles. The number of rotatable bonds is 5. The van der Waals surface area contributed by atoms with E-state index in [1.807, 2.05) is 4.72 Å². The summed E-state index contributed by atoms with van der Waals surface area (Å²) < 4.78 is 31.8. The summed E-state index contributed by atoms with van der Waals surface area (Å²) in [5, 5.41) is 0. The number of amides is 3. The molecule has 146 valence electrons. The summed E-state index contributed by atoms with van der Waals surface area (Å²) in [4.78, 5) is 27.3. The second-order valence-corrected chi connectivity index (χ2v) is 8.76. The summed E-state index contributed by atoms with van der Waals surface area (Å²) in [6, 6.07) is 3.22. The average molecular weight is 393 g/mol. The summed E-state index contributed by atoms with van der Waals surface area (Å²) in [7, 11) is -0.822. The minimum Gasteiger partial charge on any atom is -0.496 e. The van der Waals surface area contributed by atoms with Crippen LogP contribution in [0, 0.1) is 5.92 Å². The van der Waals surface area contributed by atoms with E-state index in [1.54, 1.807) is 24.1 Å². The number of hydrogen-bond acceptors (Lipinski definition) is 5. The second-order valence-electron chi connectivity index (χ2n) is 7.11. The molecule has 2 aliphatic rings. The first-order chi connectivity index (χ1) is 12.6. The highest BCUT2D eigenvalue weighted by molar-refractivity contribution is 8.00. The topological polar surface area (TPSA) is 96.0 Å². The third kappa shape index (κ3) is 3.51. The first-order valence-corrected chi connectivity index (χ1v) is 10.1. The predicted molar refractivity (Wildman–Crippen MR) is 102 cm³/mol. The third-order valence-corrected chi connectivity index (χ3v) is 6.10. The van der Waals surface area contributed by atoms with Gasteiger partial charge in [-0.2, -0.15) is 0 Å². The van der Waals surface area contributed by atoms with Crippen molar-refractivity contribution in [3.63, 3.8) is 0 Å². The number of methoxy groups -OCH3 is 1. The van der Waals surface area contributed by atoms with Gasteiger partial charge in [0.1, 0.15) is 10.7 Å². The fourth-order valence-electron chi connectivity index (χ4n) is 3.23. The molecule has 0 fully saturated rings. The van der Waals surface area contributed by atoms with Crippen LogP contribution in [0.2, 0.25) is 0 Å². The van der Waals surface area contributed by atoms with Gasteiger partial charge in [-0.3, -0.25) is 9.69 Å². The molecular formula is C18H23N3O5S. The molecule has 2 aliphatic heterocycles. The zero-order valence-corrected chi connectivity index (χ0v) is 16.6. The fourth-order valence-corrected chi connectivity index (χ4v) is 4.37. The molecule has 0 spiro atoms. The highest BCUT2D eigenvalue weighted by Gasteiger charge is 2.34. The van der Waals surface area contributed by atoms with Crippen molar-refractivity contribution in [3.8, 4) is 5.75 Å². The summed E-state index contributed by atoms with van der Waals surface area (Å²) >= 11 is 0. The number of carbonyl (C=O) groups excluding carboxylic acids is 2. The van der Waals surface area contributed by atoms with E-state index >= 15 is 0 Å². The number of sulfonamides is 1. The van der Waals surface area contributed by atoms with Gasteiger partial charge < -0.3 is 9.64 Å². The van der Waals surface area contributed by atoms with E-state index in [0.29, 0.717) is 30.3 Å². The molecule has 0 aliphatic carbocycles. The van der Waals surface area contributed by atoms with Crippen molar-refractivity contribution in [2.24, 2.45) is 5.92 Å². The van der Waals surface area contributed by atoms with Crippen molar-refractivity contribution in [3.05, 3.63) is 29.3 Å². The molecule has 2 heterocycles. The van der Waals surface area contributed by atoms with Crippen molar-refractivity contribution < 1.29 is 22.7 Å². The largest absolute Gasteiger partial charge is 0.496 e. The SMILES string of the molecule is COc1cc2c(cc1C1=CC(=O)NS1(=O)=O)CN(CCC(C)C)C(=O)N2C. The van der Waals surface area contributed by atoms with Gasteiger partial charge in [-0.15, -0.1) is 0 Å². The Labute approximate surface area is 158 Å². The van der Waals surface area contributed by atoms with Crippen molar-refractivity contribution in [1.29, 1.82) is 0 Å². The Balaban J connectivity index is 2.06. The number of carbonyl (C=O) groups is 2. The summed E-state index contributed by atoms with van der Waals surface area (Å²) in [5.74, 6) is 0.0628. The minimum absolute atomic E-state index is 0.109. The molecular weight excluding hydrogens is 370 g/mol. The lowest BCUT2D eigenvalue weighted by Gasteiger charge is -2.36. The molecule has 3 amide bonds. The Morgan fingerprint density at radius 1 is 1.26 bits per heavy atom. The molecule has 9 heteroatoms. The molecule has 1 aromatic rings. The Morgan fingerprint density at radius 3 is 2.52 bits per heavy atom. The molecule has 0 saturated carbocycles. The van der Waals surface area contributed by atoms with Gasteiger partial charge in [-0.1, -0.05) is 13.8 Å². The zero-order valence-electron chi connectivity index (χ0n) is 15.8. The first-order valence-electron chi connectivity index (χ1n) is 8.66. The monoisotopic (exact) mass is 393 g/mol. The van der Waals surface area contributed by atoms with Crippen LogP contribution in [0.15, 0.2) is 18.2 Å². The van der Waals surface area contributed by atoms with E-state index in [4.69, 9.17) is 4.74 Å². The van der Waals surface area contributed by atoms with E-state index in [2.05, 4.69) is 13.8 Å². The Morgan fingerprint density at radius 2 is 1.96 bits per heavy atom. The molecule has 0 atom stereocenters. The molecule has 1 N–H and O–H groups in total. The number of nitrogens with one attached hydrogen (secondary N) is 1. The van der Waals surface area contributed by atoms with E-state index in [9.17, 15) is 18.0 Å². The van der Waals surface area contributed by atoms with Crippen LogP contribution >= 0.6 is 0 Å². The highest BCUT2D eigenvalue weighted by Crippen LogP contribution is 2.39. The van der Waals surface area contributed by atoms with Crippen LogP contribution in [0.1, 0.15) is 31.4 Å². The van der Waals surface area contributed by atoms with Gasteiger partial charge in [-0.05, 0) is 24.0 Å². The maximum atomic E-state index is 12.6. The van der Waals surface area contributed by atoms with Gasteiger partial charge in [0.15, 0.2) is 0 Å². The Hall–Kier alpha value is -2.55.